The Labute approximate surface area is 129 Å². The van der Waals surface area contributed by atoms with Crippen LogP contribution in [0.1, 0.15) is 11.1 Å². The number of anilines is 1. The van der Waals surface area contributed by atoms with Crippen molar-refractivity contribution in [3.05, 3.63) is 83.7 Å². The summed E-state index contributed by atoms with van der Waals surface area (Å²) in [6.07, 6.45) is 3.17. The van der Waals surface area contributed by atoms with Crippen LogP contribution in [0.2, 0.25) is 0 Å². The van der Waals surface area contributed by atoms with Crippen LogP contribution in [0.5, 0.6) is 0 Å². The van der Waals surface area contributed by atoms with E-state index in [1.54, 1.807) is 23.3 Å². The van der Waals surface area contributed by atoms with Crippen molar-refractivity contribution in [2.45, 2.75) is 13.5 Å². The van der Waals surface area contributed by atoms with Crippen LogP contribution in [0.25, 0.3) is 4.85 Å². The van der Waals surface area contributed by atoms with E-state index in [0.29, 0.717) is 12.2 Å². The molecule has 0 spiro atoms. The fourth-order valence-corrected chi connectivity index (χ4v) is 2.17. The quantitative estimate of drug-likeness (QED) is 0.689. The number of aromatic nitrogens is 3. The Bertz CT molecular complexity index is 767. The molecule has 3 aromatic rings. The third-order valence-electron chi connectivity index (χ3n) is 3.38. The summed E-state index contributed by atoms with van der Waals surface area (Å²) in [7, 11) is 0. The molecule has 0 atom stereocenters. The predicted molar refractivity (Wildman–Crippen MR) is 85.5 cm³/mol. The first-order valence-corrected chi connectivity index (χ1v) is 6.92. The number of rotatable bonds is 4. The van der Waals surface area contributed by atoms with Crippen LogP contribution in [0.15, 0.2) is 61.2 Å². The summed E-state index contributed by atoms with van der Waals surface area (Å²) in [5, 5.41) is 6.23. The Hall–Kier alpha value is -3.13. The molecule has 0 aliphatic heterocycles. The summed E-state index contributed by atoms with van der Waals surface area (Å²) in [5.74, 6) is 0. The van der Waals surface area contributed by atoms with E-state index in [-0.39, 0.29) is 0 Å². The molecule has 3 rings (SSSR count). The van der Waals surface area contributed by atoms with E-state index < -0.39 is 0 Å². The summed E-state index contributed by atoms with van der Waals surface area (Å²) in [6, 6.07) is 15.8. The van der Waals surface area contributed by atoms with Crippen LogP contribution in [-0.2, 0) is 6.54 Å². The van der Waals surface area contributed by atoms with Gasteiger partial charge in [-0.25, -0.2) is 9.83 Å². The van der Waals surface area contributed by atoms with Gasteiger partial charge in [0.2, 0.25) is 0 Å². The van der Waals surface area contributed by atoms with E-state index in [1.807, 2.05) is 17.1 Å². The van der Waals surface area contributed by atoms with E-state index in [9.17, 15) is 0 Å². The normalized spacial score (nSPS) is 10.2. The van der Waals surface area contributed by atoms with Crippen molar-refractivity contribution in [1.29, 1.82) is 0 Å². The van der Waals surface area contributed by atoms with Gasteiger partial charge in [0.15, 0.2) is 5.69 Å². The minimum Gasteiger partial charge on any atom is -0.260 e. The minimum atomic E-state index is 0.623. The monoisotopic (exact) mass is 289 g/mol. The van der Waals surface area contributed by atoms with Crippen LogP contribution in [0, 0.1) is 13.5 Å². The van der Waals surface area contributed by atoms with Gasteiger partial charge in [-0.05, 0) is 24.6 Å². The molecule has 0 saturated carbocycles. The first-order valence-electron chi connectivity index (χ1n) is 6.92. The van der Waals surface area contributed by atoms with E-state index in [2.05, 4.69) is 46.1 Å². The molecule has 0 bridgehead atoms. The number of benzene rings is 2. The molecule has 0 fully saturated rings. The molecule has 1 heterocycles. The fourth-order valence-electron chi connectivity index (χ4n) is 2.17. The average Bonchev–Trinajstić information content (AvgIpc) is 3.09. The number of hydrogen-bond donors (Lipinski definition) is 0. The van der Waals surface area contributed by atoms with Gasteiger partial charge in [-0.1, -0.05) is 42.0 Å². The molecule has 108 valence electrons. The van der Waals surface area contributed by atoms with Gasteiger partial charge >= 0.3 is 0 Å². The van der Waals surface area contributed by atoms with Crippen LogP contribution < -0.4 is 5.01 Å². The molecule has 1 aromatic heterocycles. The number of nitrogens with zero attached hydrogens (tertiary/aromatic N) is 5. The van der Waals surface area contributed by atoms with Crippen LogP contribution in [-0.4, -0.2) is 14.9 Å². The average molecular weight is 289 g/mol. The summed E-state index contributed by atoms with van der Waals surface area (Å²) >= 11 is 0. The van der Waals surface area contributed by atoms with Gasteiger partial charge in [0.1, 0.15) is 12.7 Å². The highest BCUT2D eigenvalue weighted by Crippen LogP contribution is 2.22. The number of hydrogen-bond acceptors (Lipinski definition) is 3. The molecule has 0 radical (unpaired) electrons. The molecule has 5 nitrogen and oxygen atoms in total. The molecule has 0 aliphatic carbocycles. The van der Waals surface area contributed by atoms with E-state index >= 15 is 0 Å². The van der Waals surface area contributed by atoms with Crippen molar-refractivity contribution in [2.75, 3.05) is 5.01 Å². The van der Waals surface area contributed by atoms with Crippen molar-refractivity contribution in [2.24, 2.45) is 0 Å². The Kier molecular flexibility index (Phi) is 3.84. The third-order valence-corrected chi connectivity index (χ3v) is 3.38. The van der Waals surface area contributed by atoms with Gasteiger partial charge < -0.3 is 0 Å². The highest BCUT2D eigenvalue weighted by Gasteiger charge is 2.10. The van der Waals surface area contributed by atoms with Crippen LogP contribution in [0.4, 0.5) is 11.4 Å². The maximum Gasteiger partial charge on any atom is 0.187 e. The van der Waals surface area contributed by atoms with Crippen molar-refractivity contribution in [3.8, 4) is 0 Å². The second-order valence-electron chi connectivity index (χ2n) is 4.99. The molecule has 0 amide bonds. The second kappa shape index (κ2) is 6.10. The van der Waals surface area contributed by atoms with Crippen LogP contribution >= 0.6 is 0 Å². The molecule has 2 aromatic carbocycles. The Balaban J connectivity index is 1.93. The van der Waals surface area contributed by atoms with Crippen molar-refractivity contribution in [3.63, 3.8) is 0 Å². The van der Waals surface area contributed by atoms with Crippen molar-refractivity contribution >= 4 is 11.4 Å². The second-order valence-corrected chi connectivity index (χ2v) is 4.99. The molecular formula is C17H15N5. The van der Waals surface area contributed by atoms with Crippen molar-refractivity contribution in [1.82, 2.24) is 14.9 Å². The smallest absolute Gasteiger partial charge is 0.187 e. The molecule has 22 heavy (non-hydrogen) atoms. The lowest BCUT2D eigenvalue weighted by molar-refractivity contribution is 0.610. The maximum absolute atomic E-state index is 7.04. The molecule has 0 saturated heterocycles. The van der Waals surface area contributed by atoms with Crippen LogP contribution in [0.3, 0.4) is 0 Å². The van der Waals surface area contributed by atoms with Crippen molar-refractivity contribution < 1.29 is 0 Å². The zero-order valence-electron chi connectivity index (χ0n) is 12.2. The minimum absolute atomic E-state index is 0.623. The lowest BCUT2D eigenvalue weighted by Gasteiger charge is -2.24. The summed E-state index contributed by atoms with van der Waals surface area (Å²) in [6.45, 7) is 9.78. The molecule has 0 aliphatic rings. The molecule has 0 unspecified atom stereocenters. The topological polar surface area (TPSA) is 38.3 Å². The Morgan fingerprint density at radius 3 is 2.41 bits per heavy atom. The van der Waals surface area contributed by atoms with Gasteiger partial charge in [-0.2, -0.15) is 4.79 Å². The van der Waals surface area contributed by atoms with E-state index in [4.69, 9.17) is 6.57 Å². The lowest BCUT2D eigenvalue weighted by atomic mass is 10.1. The highest BCUT2D eigenvalue weighted by molar-refractivity contribution is 5.55. The predicted octanol–water partition coefficient (Wildman–Crippen LogP) is 3.61. The third kappa shape index (κ3) is 2.96. The zero-order valence-corrected chi connectivity index (χ0v) is 12.2. The van der Waals surface area contributed by atoms with Gasteiger partial charge in [0.25, 0.3) is 0 Å². The van der Waals surface area contributed by atoms with E-state index in [1.165, 1.54) is 17.5 Å². The summed E-state index contributed by atoms with van der Waals surface area (Å²) < 4.78 is 0. The molecular weight excluding hydrogens is 274 g/mol. The maximum atomic E-state index is 7.04. The van der Waals surface area contributed by atoms with Gasteiger partial charge in [0, 0.05) is 0 Å². The SMILES string of the molecule is [C-]#[N+]c1ccc(N(Cc2ccc(C)cc2)n2cncn2)cc1. The Morgan fingerprint density at radius 2 is 1.82 bits per heavy atom. The van der Waals surface area contributed by atoms with E-state index in [0.717, 1.165) is 5.69 Å². The largest absolute Gasteiger partial charge is 0.260 e. The summed E-state index contributed by atoms with van der Waals surface area (Å²) in [5.41, 5.74) is 3.99. The zero-order chi connectivity index (χ0) is 15.4. The summed E-state index contributed by atoms with van der Waals surface area (Å²) in [4.78, 5) is 9.14. The molecule has 5 heteroatoms. The molecule has 0 N–H and O–H groups in total. The first-order chi connectivity index (χ1) is 10.8. The number of aryl methyl sites for hydroxylation is 1. The van der Waals surface area contributed by atoms with Gasteiger partial charge in [-0.3, -0.25) is 5.01 Å². The standard InChI is InChI=1S/C17H15N5/c1-14-3-5-15(6-4-14)11-21(22-13-19-12-20-22)17-9-7-16(18-2)8-10-17/h3-10,12-13H,11H2,1H3. The fraction of sp³-hybridized carbons (Fsp3) is 0.118. The highest BCUT2D eigenvalue weighted by atomic mass is 15.7. The van der Waals surface area contributed by atoms with Gasteiger partial charge in [0.05, 0.1) is 18.8 Å². The Morgan fingerprint density at radius 1 is 1.09 bits per heavy atom. The van der Waals surface area contributed by atoms with Gasteiger partial charge in [-0.15, -0.1) is 5.10 Å². The lowest BCUT2D eigenvalue weighted by Crippen LogP contribution is -2.29. The first kappa shape index (κ1) is 13.8.